The minimum atomic E-state index is 0.0577. The Bertz CT molecular complexity index is 730. The molecule has 0 aliphatic carbocycles. The Hall–Kier alpha value is -2.36. The second-order valence-corrected chi connectivity index (χ2v) is 5.87. The van der Waals surface area contributed by atoms with Gasteiger partial charge in [0.1, 0.15) is 5.82 Å². The van der Waals surface area contributed by atoms with Crippen LogP contribution in [0.1, 0.15) is 12.5 Å². The number of amides is 1. The van der Waals surface area contributed by atoms with Crippen molar-refractivity contribution in [3.05, 3.63) is 48.0 Å². The number of aromatic nitrogens is 1. The SMILES string of the molecule is C=C(C)C(=O)N1CCN(c2cc(C)c3ccccc3n2)CC1. The van der Waals surface area contributed by atoms with E-state index in [0.717, 1.165) is 37.5 Å². The van der Waals surface area contributed by atoms with Crippen molar-refractivity contribution in [3.8, 4) is 0 Å². The van der Waals surface area contributed by atoms with Crippen molar-refractivity contribution in [3.63, 3.8) is 0 Å². The number of nitrogens with zero attached hydrogens (tertiary/aromatic N) is 3. The Morgan fingerprint density at radius 1 is 1.18 bits per heavy atom. The molecule has 0 atom stereocenters. The Morgan fingerprint density at radius 2 is 1.86 bits per heavy atom. The molecule has 0 unspecified atom stereocenters. The monoisotopic (exact) mass is 295 g/mol. The highest BCUT2D eigenvalue weighted by atomic mass is 16.2. The summed E-state index contributed by atoms with van der Waals surface area (Å²) in [7, 11) is 0. The van der Waals surface area contributed by atoms with Crippen LogP contribution in [-0.4, -0.2) is 42.0 Å². The number of hydrogen-bond donors (Lipinski definition) is 0. The van der Waals surface area contributed by atoms with E-state index in [1.54, 1.807) is 6.92 Å². The highest BCUT2D eigenvalue weighted by Crippen LogP contribution is 2.23. The summed E-state index contributed by atoms with van der Waals surface area (Å²) < 4.78 is 0. The average molecular weight is 295 g/mol. The molecule has 1 aliphatic rings. The van der Waals surface area contributed by atoms with Gasteiger partial charge in [-0.25, -0.2) is 4.98 Å². The van der Waals surface area contributed by atoms with Crippen molar-refractivity contribution in [2.75, 3.05) is 31.1 Å². The lowest BCUT2D eigenvalue weighted by atomic mass is 10.1. The van der Waals surface area contributed by atoms with Crippen LogP contribution >= 0.6 is 0 Å². The van der Waals surface area contributed by atoms with Crippen LogP contribution in [0.15, 0.2) is 42.5 Å². The molecule has 0 N–H and O–H groups in total. The first-order chi connectivity index (χ1) is 10.6. The Kier molecular flexibility index (Phi) is 3.84. The lowest BCUT2D eigenvalue weighted by Crippen LogP contribution is -2.49. The summed E-state index contributed by atoms with van der Waals surface area (Å²) >= 11 is 0. The summed E-state index contributed by atoms with van der Waals surface area (Å²) in [6.45, 7) is 10.7. The number of aryl methyl sites for hydroxylation is 1. The molecule has 1 saturated heterocycles. The van der Waals surface area contributed by atoms with Crippen molar-refractivity contribution in [1.29, 1.82) is 0 Å². The van der Waals surface area contributed by atoms with Crippen LogP contribution < -0.4 is 4.90 Å². The van der Waals surface area contributed by atoms with Crippen molar-refractivity contribution >= 4 is 22.6 Å². The van der Waals surface area contributed by atoms with Gasteiger partial charge in [-0.3, -0.25) is 4.79 Å². The van der Waals surface area contributed by atoms with Crippen LogP contribution in [0.5, 0.6) is 0 Å². The van der Waals surface area contributed by atoms with Gasteiger partial charge in [-0.1, -0.05) is 24.8 Å². The molecule has 2 aromatic rings. The maximum Gasteiger partial charge on any atom is 0.249 e. The number of piperazine rings is 1. The molecule has 0 bridgehead atoms. The van der Waals surface area contributed by atoms with Gasteiger partial charge >= 0.3 is 0 Å². The Balaban J connectivity index is 1.79. The number of rotatable bonds is 2. The van der Waals surface area contributed by atoms with E-state index in [1.165, 1.54) is 10.9 Å². The molecule has 114 valence electrons. The van der Waals surface area contributed by atoms with Crippen LogP contribution in [0.25, 0.3) is 10.9 Å². The van der Waals surface area contributed by atoms with Gasteiger partial charge in [0, 0.05) is 37.1 Å². The third-order valence-corrected chi connectivity index (χ3v) is 4.17. The minimum absolute atomic E-state index is 0.0577. The molecule has 1 amide bonds. The first kappa shape index (κ1) is 14.6. The van der Waals surface area contributed by atoms with E-state index < -0.39 is 0 Å². The molecule has 0 spiro atoms. The fourth-order valence-corrected chi connectivity index (χ4v) is 2.90. The van der Waals surface area contributed by atoms with Crippen LogP contribution in [0.2, 0.25) is 0 Å². The predicted molar refractivity (Wildman–Crippen MR) is 90.1 cm³/mol. The summed E-state index contributed by atoms with van der Waals surface area (Å²) in [5, 5.41) is 1.20. The average Bonchev–Trinajstić information content (AvgIpc) is 2.54. The fourth-order valence-electron chi connectivity index (χ4n) is 2.90. The molecule has 1 aromatic carbocycles. The molecule has 2 heterocycles. The molecule has 22 heavy (non-hydrogen) atoms. The highest BCUT2D eigenvalue weighted by molar-refractivity contribution is 5.92. The second kappa shape index (κ2) is 5.79. The normalized spacial score (nSPS) is 15.2. The molecule has 1 fully saturated rings. The molecule has 4 nitrogen and oxygen atoms in total. The summed E-state index contributed by atoms with van der Waals surface area (Å²) in [5.74, 6) is 1.06. The van der Waals surface area contributed by atoms with E-state index in [4.69, 9.17) is 4.98 Å². The lowest BCUT2D eigenvalue weighted by molar-refractivity contribution is -0.127. The van der Waals surface area contributed by atoms with Crippen molar-refractivity contribution < 1.29 is 4.79 Å². The number of para-hydroxylation sites is 1. The van der Waals surface area contributed by atoms with E-state index in [1.807, 2.05) is 23.1 Å². The van der Waals surface area contributed by atoms with Crippen LogP contribution in [0.4, 0.5) is 5.82 Å². The van der Waals surface area contributed by atoms with Crippen molar-refractivity contribution in [1.82, 2.24) is 9.88 Å². The van der Waals surface area contributed by atoms with Crippen LogP contribution in [-0.2, 0) is 4.79 Å². The molecule has 0 saturated carbocycles. The van der Waals surface area contributed by atoms with Crippen LogP contribution in [0, 0.1) is 6.92 Å². The largest absolute Gasteiger partial charge is 0.353 e. The molecule has 1 aliphatic heterocycles. The number of carbonyl (C=O) groups excluding carboxylic acids is 1. The highest BCUT2D eigenvalue weighted by Gasteiger charge is 2.22. The predicted octanol–water partition coefficient (Wildman–Crippen LogP) is 2.77. The van der Waals surface area contributed by atoms with E-state index in [-0.39, 0.29) is 5.91 Å². The van der Waals surface area contributed by atoms with Gasteiger partial charge in [-0.05, 0) is 31.5 Å². The Labute approximate surface area is 131 Å². The number of fused-ring (bicyclic) bond motifs is 1. The third-order valence-electron chi connectivity index (χ3n) is 4.17. The molecule has 4 heteroatoms. The number of hydrogen-bond acceptors (Lipinski definition) is 3. The fraction of sp³-hybridized carbons (Fsp3) is 0.333. The molecule has 3 rings (SSSR count). The first-order valence-electron chi connectivity index (χ1n) is 7.62. The number of carbonyl (C=O) groups is 1. The zero-order chi connectivity index (χ0) is 15.7. The zero-order valence-electron chi connectivity index (χ0n) is 13.2. The third kappa shape index (κ3) is 2.69. The van der Waals surface area contributed by atoms with Crippen LogP contribution in [0.3, 0.4) is 0 Å². The molecule has 0 radical (unpaired) electrons. The van der Waals surface area contributed by atoms with Gasteiger partial charge in [0.25, 0.3) is 0 Å². The van der Waals surface area contributed by atoms with Crippen molar-refractivity contribution in [2.45, 2.75) is 13.8 Å². The first-order valence-corrected chi connectivity index (χ1v) is 7.62. The van der Waals surface area contributed by atoms with Gasteiger partial charge in [0.15, 0.2) is 0 Å². The smallest absolute Gasteiger partial charge is 0.249 e. The van der Waals surface area contributed by atoms with E-state index in [0.29, 0.717) is 5.57 Å². The Morgan fingerprint density at radius 3 is 2.55 bits per heavy atom. The van der Waals surface area contributed by atoms with E-state index >= 15 is 0 Å². The maximum absolute atomic E-state index is 12.0. The lowest BCUT2D eigenvalue weighted by Gasteiger charge is -2.35. The number of pyridine rings is 1. The number of benzene rings is 1. The van der Waals surface area contributed by atoms with Crippen molar-refractivity contribution in [2.24, 2.45) is 0 Å². The summed E-state index contributed by atoms with van der Waals surface area (Å²) in [5.41, 5.74) is 2.87. The van der Waals surface area contributed by atoms with E-state index in [9.17, 15) is 4.79 Å². The summed E-state index contributed by atoms with van der Waals surface area (Å²) in [4.78, 5) is 20.9. The minimum Gasteiger partial charge on any atom is -0.353 e. The summed E-state index contributed by atoms with van der Waals surface area (Å²) in [6, 6.07) is 10.3. The molecular formula is C18H21N3O. The standard InChI is InChI=1S/C18H21N3O/c1-13(2)18(22)21-10-8-20(9-11-21)17-12-14(3)15-6-4-5-7-16(15)19-17/h4-7,12H,1,8-11H2,2-3H3. The van der Waals surface area contributed by atoms with Gasteiger partial charge < -0.3 is 9.80 Å². The maximum atomic E-state index is 12.0. The zero-order valence-corrected chi connectivity index (χ0v) is 13.2. The molecule has 1 aromatic heterocycles. The molecular weight excluding hydrogens is 274 g/mol. The van der Waals surface area contributed by atoms with Gasteiger partial charge in [0.2, 0.25) is 5.91 Å². The van der Waals surface area contributed by atoms with Gasteiger partial charge in [0.05, 0.1) is 5.52 Å². The summed E-state index contributed by atoms with van der Waals surface area (Å²) in [6.07, 6.45) is 0. The van der Waals surface area contributed by atoms with Gasteiger partial charge in [-0.15, -0.1) is 0 Å². The quantitative estimate of drug-likeness (QED) is 0.799. The topological polar surface area (TPSA) is 36.4 Å². The number of anilines is 1. The van der Waals surface area contributed by atoms with E-state index in [2.05, 4.69) is 30.5 Å². The second-order valence-electron chi connectivity index (χ2n) is 5.87. The van der Waals surface area contributed by atoms with Gasteiger partial charge in [-0.2, -0.15) is 0 Å².